The molecule has 1 N–H and O–H groups in total. The Morgan fingerprint density at radius 1 is 1.50 bits per heavy atom. The molecule has 0 saturated carbocycles. The van der Waals surface area contributed by atoms with Crippen LogP contribution in [0.15, 0.2) is 12.7 Å². The highest BCUT2D eigenvalue weighted by Gasteiger charge is 2.36. The molecule has 114 valence electrons. The Kier molecular flexibility index (Phi) is 6.55. The lowest BCUT2D eigenvalue weighted by molar-refractivity contribution is -0.144. The summed E-state index contributed by atoms with van der Waals surface area (Å²) < 4.78 is 0. The number of hydrogen-bond acceptors (Lipinski definition) is 2. The van der Waals surface area contributed by atoms with Crippen molar-refractivity contribution < 1.29 is 14.7 Å². The first-order chi connectivity index (χ1) is 9.51. The lowest BCUT2D eigenvalue weighted by Crippen LogP contribution is -2.53. The molecule has 1 rings (SSSR count). The summed E-state index contributed by atoms with van der Waals surface area (Å²) >= 11 is 0. The van der Waals surface area contributed by atoms with Gasteiger partial charge in [0.25, 0.3) is 0 Å². The standard InChI is InChI=1S/C15H26N2O3/c1-4-6-7-9-16(3)15(20)17-10-8-12(5-2)11-13(17)14(18)19/h4,12-13H,1,5-11H2,2-3H3,(H,18,19). The van der Waals surface area contributed by atoms with E-state index in [-0.39, 0.29) is 6.03 Å². The van der Waals surface area contributed by atoms with Crippen LogP contribution in [0.25, 0.3) is 0 Å². The second kappa shape index (κ2) is 7.92. The van der Waals surface area contributed by atoms with Crippen LogP contribution in [-0.2, 0) is 4.79 Å². The van der Waals surface area contributed by atoms with E-state index in [0.29, 0.717) is 25.4 Å². The molecule has 5 heteroatoms. The number of aliphatic carboxylic acids is 1. The van der Waals surface area contributed by atoms with Gasteiger partial charge < -0.3 is 14.9 Å². The summed E-state index contributed by atoms with van der Waals surface area (Å²) in [5.41, 5.74) is 0. The van der Waals surface area contributed by atoms with Gasteiger partial charge in [0.05, 0.1) is 0 Å². The van der Waals surface area contributed by atoms with Crippen LogP contribution in [0.3, 0.4) is 0 Å². The average Bonchev–Trinajstić information content (AvgIpc) is 2.45. The van der Waals surface area contributed by atoms with E-state index in [4.69, 9.17) is 0 Å². The number of carboxylic acid groups (broad SMARTS) is 1. The molecule has 0 radical (unpaired) electrons. The van der Waals surface area contributed by atoms with Crippen LogP contribution >= 0.6 is 0 Å². The fourth-order valence-corrected chi connectivity index (χ4v) is 2.66. The second-order valence-electron chi connectivity index (χ2n) is 5.48. The Labute approximate surface area is 121 Å². The van der Waals surface area contributed by atoms with E-state index in [9.17, 15) is 14.7 Å². The van der Waals surface area contributed by atoms with Gasteiger partial charge in [0.15, 0.2) is 0 Å². The van der Waals surface area contributed by atoms with Crippen molar-refractivity contribution in [3.8, 4) is 0 Å². The first-order valence-corrected chi connectivity index (χ1v) is 7.36. The molecule has 0 bridgehead atoms. The van der Waals surface area contributed by atoms with Crippen LogP contribution in [0.5, 0.6) is 0 Å². The quantitative estimate of drug-likeness (QED) is 0.601. The van der Waals surface area contributed by atoms with Crippen molar-refractivity contribution in [2.75, 3.05) is 20.1 Å². The molecule has 1 aliphatic rings. The van der Waals surface area contributed by atoms with E-state index in [1.54, 1.807) is 11.9 Å². The maximum Gasteiger partial charge on any atom is 0.326 e. The van der Waals surface area contributed by atoms with Gasteiger partial charge in [-0.1, -0.05) is 19.4 Å². The smallest absolute Gasteiger partial charge is 0.326 e. The second-order valence-corrected chi connectivity index (χ2v) is 5.48. The fraction of sp³-hybridized carbons (Fsp3) is 0.733. The number of rotatable bonds is 6. The largest absolute Gasteiger partial charge is 0.480 e. The predicted octanol–water partition coefficient (Wildman–Crippen LogP) is 2.58. The third-order valence-corrected chi connectivity index (χ3v) is 4.05. The molecule has 1 heterocycles. The summed E-state index contributed by atoms with van der Waals surface area (Å²) in [7, 11) is 1.73. The topological polar surface area (TPSA) is 60.9 Å². The van der Waals surface area contributed by atoms with Crippen molar-refractivity contribution in [3.63, 3.8) is 0 Å². The van der Waals surface area contributed by atoms with Crippen molar-refractivity contribution in [2.24, 2.45) is 5.92 Å². The molecule has 1 saturated heterocycles. The van der Waals surface area contributed by atoms with E-state index in [1.807, 2.05) is 6.08 Å². The zero-order valence-electron chi connectivity index (χ0n) is 12.5. The van der Waals surface area contributed by atoms with Gasteiger partial charge in [-0.15, -0.1) is 6.58 Å². The number of piperidine rings is 1. The third kappa shape index (κ3) is 4.25. The van der Waals surface area contributed by atoms with Gasteiger partial charge in [0.2, 0.25) is 0 Å². The van der Waals surface area contributed by atoms with E-state index in [2.05, 4.69) is 13.5 Å². The monoisotopic (exact) mass is 282 g/mol. The Hall–Kier alpha value is -1.52. The average molecular weight is 282 g/mol. The predicted molar refractivity (Wildman–Crippen MR) is 78.6 cm³/mol. The molecular weight excluding hydrogens is 256 g/mol. The van der Waals surface area contributed by atoms with E-state index >= 15 is 0 Å². The molecule has 1 aliphatic heterocycles. The van der Waals surface area contributed by atoms with Crippen LogP contribution in [-0.4, -0.2) is 53.1 Å². The number of nitrogens with zero attached hydrogens (tertiary/aromatic N) is 2. The molecule has 0 aliphatic carbocycles. The van der Waals surface area contributed by atoms with Gasteiger partial charge in [0.1, 0.15) is 6.04 Å². The molecule has 2 unspecified atom stereocenters. The van der Waals surface area contributed by atoms with Crippen molar-refractivity contribution in [1.82, 2.24) is 9.80 Å². The van der Waals surface area contributed by atoms with Crippen LogP contribution in [0, 0.1) is 5.92 Å². The Bertz CT molecular complexity index is 357. The molecule has 0 aromatic carbocycles. The number of unbranched alkanes of at least 4 members (excludes halogenated alkanes) is 1. The van der Waals surface area contributed by atoms with Crippen molar-refractivity contribution in [3.05, 3.63) is 12.7 Å². The SMILES string of the molecule is C=CCCCN(C)C(=O)N1CCC(CC)CC1C(=O)O. The number of amides is 2. The Morgan fingerprint density at radius 3 is 2.75 bits per heavy atom. The van der Waals surface area contributed by atoms with Crippen molar-refractivity contribution in [2.45, 2.75) is 45.1 Å². The number of allylic oxidation sites excluding steroid dienone is 1. The lowest BCUT2D eigenvalue weighted by atomic mass is 9.89. The summed E-state index contributed by atoms with van der Waals surface area (Å²) in [5, 5.41) is 9.34. The van der Waals surface area contributed by atoms with Gasteiger partial charge in [-0.3, -0.25) is 0 Å². The number of carbonyl (C=O) groups excluding carboxylic acids is 1. The molecule has 2 atom stereocenters. The van der Waals surface area contributed by atoms with E-state index < -0.39 is 12.0 Å². The number of likely N-dealkylation sites (tertiary alicyclic amines) is 1. The van der Waals surface area contributed by atoms with Crippen LogP contribution < -0.4 is 0 Å². The maximum atomic E-state index is 12.4. The molecule has 0 spiro atoms. The summed E-state index contributed by atoms with van der Waals surface area (Å²) in [4.78, 5) is 26.9. The first-order valence-electron chi connectivity index (χ1n) is 7.36. The van der Waals surface area contributed by atoms with Crippen molar-refractivity contribution >= 4 is 12.0 Å². The molecule has 0 aromatic rings. The van der Waals surface area contributed by atoms with Gasteiger partial charge in [-0.25, -0.2) is 9.59 Å². The highest BCUT2D eigenvalue weighted by molar-refractivity contribution is 5.82. The number of urea groups is 1. The summed E-state index contributed by atoms with van der Waals surface area (Å²) in [6.45, 7) is 6.90. The molecule has 5 nitrogen and oxygen atoms in total. The zero-order valence-corrected chi connectivity index (χ0v) is 12.5. The van der Waals surface area contributed by atoms with Crippen LogP contribution in [0.1, 0.15) is 39.0 Å². The molecular formula is C15H26N2O3. The highest BCUT2D eigenvalue weighted by atomic mass is 16.4. The Morgan fingerprint density at radius 2 is 2.20 bits per heavy atom. The van der Waals surface area contributed by atoms with Gasteiger partial charge in [0, 0.05) is 20.1 Å². The van der Waals surface area contributed by atoms with Crippen LogP contribution in [0.2, 0.25) is 0 Å². The van der Waals surface area contributed by atoms with E-state index in [1.165, 1.54) is 4.90 Å². The normalized spacial score (nSPS) is 22.4. The molecule has 20 heavy (non-hydrogen) atoms. The van der Waals surface area contributed by atoms with Crippen LogP contribution in [0.4, 0.5) is 4.79 Å². The van der Waals surface area contributed by atoms with Gasteiger partial charge in [-0.05, 0) is 31.6 Å². The molecule has 0 aromatic heterocycles. The van der Waals surface area contributed by atoms with Crippen molar-refractivity contribution in [1.29, 1.82) is 0 Å². The number of hydrogen-bond donors (Lipinski definition) is 1. The minimum Gasteiger partial charge on any atom is -0.480 e. The zero-order chi connectivity index (χ0) is 15.1. The Balaban J connectivity index is 2.64. The maximum absolute atomic E-state index is 12.4. The minimum atomic E-state index is -0.893. The van der Waals surface area contributed by atoms with Gasteiger partial charge in [-0.2, -0.15) is 0 Å². The summed E-state index contributed by atoms with van der Waals surface area (Å²) in [6.07, 6.45) is 5.98. The summed E-state index contributed by atoms with van der Waals surface area (Å²) in [5.74, 6) is -0.484. The molecule has 1 fully saturated rings. The minimum absolute atomic E-state index is 0.170. The fourth-order valence-electron chi connectivity index (χ4n) is 2.66. The lowest BCUT2D eigenvalue weighted by Gasteiger charge is -2.38. The van der Waals surface area contributed by atoms with Gasteiger partial charge >= 0.3 is 12.0 Å². The van der Waals surface area contributed by atoms with E-state index in [0.717, 1.165) is 25.7 Å². The number of carboxylic acids is 1. The third-order valence-electron chi connectivity index (χ3n) is 4.05. The first kappa shape index (κ1) is 16.5. The highest BCUT2D eigenvalue weighted by Crippen LogP contribution is 2.26. The summed E-state index contributed by atoms with van der Waals surface area (Å²) in [6, 6.07) is -0.848. The molecule has 2 amide bonds. The number of carbonyl (C=O) groups is 2.